The standard InChI is InChI=1S/C18H17FN2OS/c1-11(2)17-14(10-22)18(12-4-6-13(19)7-5-12)20-21-15(17)8-9-16(21)23-3/h4-11H,1-3H3. The van der Waals surface area contributed by atoms with Gasteiger partial charge in [0.15, 0.2) is 6.29 Å². The smallest absolute Gasteiger partial charge is 0.152 e. The zero-order valence-corrected chi connectivity index (χ0v) is 14.0. The van der Waals surface area contributed by atoms with Crippen LogP contribution in [0.5, 0.6) is 0 Å². The van der Waals surface area contributed by atoms with E-state index in [4.69, 9.17) is 0 Å². The number of thioether (sulfide) groups is 1. The third-order valence-corrected chi connectivity index (χ3v) is 4.59. The van der Waals surface area contributed by atoms with Crippen molar-refractivity contribution in [2.24, 2.45) is 0 Å². The Morgan fingerprint density at radius 3 is 2.43 bits per heavy atom. The number of nitrogens with zero attached hydrogens (tertiary/aromatic N) is 2. The van der Waals surface area contributed by atoms with Gasteiger partial charge in [0.1, 0.15) is 11.5 Å². The molecule has 0 fully saturated rings. The molecule has 3 nitrogen and oxygen atoms in total. The van der Waals surface area contributed by atoms with Crippen LogP contribution >= 0.6 is 11.8 Å². The second-order valence-electron chi connectivity index (χ2n) is 5.63. The molecule has 0 bridgehead atoms. The summed E-state index contributed by atoms with van der Waals surface area (Å²) in [5.74, 6) is -0.137. The van der Waals surface area contributed by atoms with Crippen LogP contribution in [-0.2, 0) is 0 Å². The summed E-state index contributed by atoms with van der Waals surface area (Å²) in [5, 5.41) is 5.66. The van der Waals surface area contributed by atoms with E-state index in [2.05, 4.69) is 18.9 Å². The van der Waals surface area contributed by atoms with Crippen molar-refractivity contribution in [2.45, 2.75) is 24.8 Å². The van der Waals surface area contributed by atoms with E-state index in [0.717, 1.165) is 28.0 Å². The molecule has 0 aliphatic heterocycles. The number of hydrogen-bond acceptors (Lipinski definition) is 3. The molecule has 1 aromatic carbocycles. The lowest BCUT2D eigenvalue weighted by Gasteiger charge is -2.16. The van der Waals surface area contributed by atoms with E-state index < -0.39 is 0 Å². The SMILES string of the molecule is CSc1ccc2c(C(C)C)c(C=O)c(-c3ccc(F)cc3)nn12. The van der Waals surface area contributed by atoms with Gasteiger partial charge in [-0.05, 0) is 54.1 Å². The van der Waals surface area contributed by atoms with Crippen LogP contribution in [0.1, 0.15) is 35.7 Å². The fourth-order valence-electron chi connectivity index (χ4n) is 2.84. The van der Waals surface area contributed by atoms with Crippen LogP contribution in [0.2, 0.25) is 0 Å². The normalized spacial score (nSPS) is 11.3. The van der Waals surface area contributed by atoms with Crippen LogP contribution < -0.4 is 0 Å². The van der Waals surface area contributed by atoms with Crippen molar-refractivity contribution in [1.82, 2.24) is 9.61 Å². The highest BCUT2D eigenvalue weighted by Crippen LogP contribution is 2.33. The Labute approximate surface area is 138 Å². The molecule has 0 saturated carbocycles. The average molecular weight is 328 g/mol. The monoisotopic (exact) mass is 328 g/mol. The number of carbonyl (C=O) groups is 1. The number of hydrogen-bond donors (Lipinski definition) is 0. The fraction of sp³-hybridized carbons (Fsp3) is 0.222. The van der Waals surface area contributed by atoms with Gasteiger partial charge >= 0.3 is 0 Å². The molecular formula is C18H17FN2OS. The molecule has 0 radical (unpaired) electrons. The van der Waals surface area contributed by atoms with E-state index in [-0.39, 0.29) is 11.7 Å². The summed E-state index contributed by atoms with van der Waals surface area (Å²) >= 11 is 1.60. The van der Waals surface area contributed by atoms with E-state index in [0.29, 0.717) is 11.3 Å². The molecule has 118 valence electrons. The van der Waals surface area contributed by atoms with Crippen molar-refractivity contribution in [3.8, 4) is 11.3 Å². The summed E-state index contributed by atoms with van der Waals surface area (Å²) in [7, 11) is 0. The summed E-state index contributed by atoms with van der Waals surface area (Å²) < 4.78 is 15.1. The molecule has 0 spiro atoms. The van der Waals surface area contributed by atoms with Gasteiger partial charge in [0, 0.05) is 11.1 Å². The van der Waals surface area contributed by atoms with E-state index in [1.807, 2.05) is 22.9 Å². The van der Waals surface area contributed by atoms with E-state index in [9.17, 15) is 9.18 Å². The maximum atomic E-state index is 13.2. The highest BCUT2D eigenvalue weighted by atomic mass is 32.2. The number of rotatable bonds is 4. The minimum absolute atomic E-state index is 0.171. The molecule has 3 rings (SSSR count). The number of fused-ring (bicyclic) bond motifs is 1. The second kappa shape index (κ2) is 6.16. The molecule has 0 aliphatic rings. The Balaban J connectivity index is 2.40. The first kappa shape index (κ1) is 15.7. The van der Waals surface area contributed by atoms with Crippen molar-refractivity contribution in [3.05, 3.63) is 53.3 Å². The Bertz CT molecular complexity index is 869. The molecule has 0 aliphatic carbocycles. The lowest BCUT2D eigenvalue weighted by atomic mass is 9.94. The Morgan fingerprint density at radius 1 is 1.17 bits per heavy atom. The third kappa shape index (κ3) is 2.65. The summed E-state index contributed by atoms with van der Waals surface area (Å²) in [6.07, 6.45) is 2.84. The lowest BCUT2D eigenvalue weighted by molar-refractivity contribution is 0.112. The predicted octanol–water partition coefficient (Wildman–Crippen LogP) is 4.80. The summed E-state index contributed by atoms with van der Waals surface area (Å²) in [5.41, 5.74) is 3.80. The first-order valence-corrected chi connectivity index (χ1v) is 8.60. The maximum Gasteiger partial charge on any atom is 0.152 e. The maximum absolute atomic E-state index is 13.2. The van der Waals surface area contributed by atoms with Gasteiger partial charge in [0.05, 0.1) is 10.5 Å². The topological polar surface area (TPSA) is 34.4 Å². The van der Waals surface area contributed by atoms with Crippen LogP contribution in [0, 0.1) is 5.82 Å². The van der Waals surface area contributed by atoms with E-state index in [1.165, 1.54) is 12.1 Å². The lowest BCUT2D eigenvalue weighted by Crippen LogP contribution is -2.07. The molecule has 23 heavy (non-hydrogen) atoms. The minimum atomic E-state index is -0.308. The molecular weight excluding hydrogens is 311 g/mol. The highest BCUT2D eigenvalue weighted by Gasteiger charge is 2.20. The van der Waals surface area contributed by atoms with Gasteiger partial charge in [-0.25, -0.2) is 8.91 Å². The van der Waals surface area contributed by atoms with Gasteiger partial charge in [0.25, 0.3) is 0 Å². The Hall–Kier alpha value is -2.14. The predicted molar refractivity (Wildman–Crippen MR) is 91.8 cm³/mol. The number of aromatic nitrogens is 2. The molecule has 0 saturated heterocycles. The van der Waals surface area contributed by atoms with Crippen LogP contribution in [0.15, 0.2) is 41.4 Å². The first-order chi connectivity index (χ1) is 11.1. The summed E-state index contributed by atoms with van der Waals surface area (Å²) in [4.78, 5) is 11.8. The molecule has 0 N–H and O–H groups in total. The highest BCUT2D eigenvalue weighted by molar-refractivity contribution is 7.98. The van der Waals surface area contributed by atoms with Crippen LogP contribution in [0.4, 0.5) is 4.39 Å². The second-order valence-corrected chi connectivity index (χ2v) is 6.45. The van der Waals surface area contributed by atoms with Crippen molar-refractivity contribution in [1.29, 1.82) is 0 Å². The number of halogens is 1. The van der Waals surface area contributed by atoms with Crippen LogP contribution in [0.3, 0.4) is 0 Å². The number of aldehydes is 1. The molecule has 0 unspecified atom stereocenters. The van der Waals surface area contributed by atoms with Crippen LogP contribution in [0.25, 0.3) is 16.8 Å². The quantitative estimate of drug-likeness (QED) is 0.510. The summed E-state index contributed by atoms with van der Waals surface area (Å²) in [6.45, 7) is 4.12. The van der Waals surface area contributed by atoms with Gasteiger partial charge in [-0.3, -0.25) is 4.79 Å². The Kier molecular flexibility index (Phi) is 4.22. The van der Waals surface area contributed by atoms with Crippen LogP contribution in [-0.4, -0.2) is 22.2 Å². The fourth-order valence-corrected chi connectivity index (χ4v) is 3.35. The van der Waals surface area contributed by atoms with E-state index >= 15 is 0 Å². The average Bonchev–Trinajstić information content (AvgIpc) is 2.96. The molecule has 0 amide bonds. The largest absolute Gasteiger partial charge is 0.298 e. The zero-order valence-electron chi connectivity index (χ0n) is 13.2. The molecule has 2 heterocycles. The number of benzene rings is 1. The first-order valence-electron chi connectivity index (χ1n) is 7.37. The van der Waals surface area contributed by atoms with Crippen molar-refractivity contribution < 1.29 is 9.18 Å². The van der Waals surface area contributed by atoms with Gasteiger partial charge in [-0.1, -0.05) is 13.8 Å². The zero-order chi connectivity index (χ0) is 16.6. The van der Waals surface area contributed by atoms with Crippen molar-refractivity contribution >= 4 is 23.6 Å². The Morgan fingerprint density at radius 2 is 1.87 bits per heavy atom. The van der Waals surface area contributed by atoms with Gasteiger partial charge in [-0.15, -0.1) is 11.8 Å². The van der Waals surface area contributed by atoms with Crippen molar-refractivity contribution in [3.63, 3.8) is 0 Å². The molecule has 0 atom stereocenters. The molecule has 3 aromatic rings. The minimum Gasteiger partial charge on any atom is -0.298 e. The van der Waals surface area contributed by atoms with Gasteiger partial charge < -0.3 is 0 Å². The van der Waals surface area contributed by atoms with E-state index in [1.54, 1.807) is 23.9 Å². The van der Waals surface area contributed by atoms with Crippen molar-refractivity contribution in [2.75, 3.05) is 6.26 Å². The molecule has 2 aromatic heterocycles. The number of carbonyl (C=O) groups excluding carboxylic acids is 1. The molecule has 5 heteroatoms. The third-order valence-electron chi connectivity index (χ3n) is 3.86. The summed E-state index contributed by atoms with van der Waals surface area (Å²) in [6, 6.07) is 10.1. The van der Waals surface area contributed by atoms with Gasteiger partial charge in [-0.2, -0.15) is 5.10 Å². The van der Waals surface area contributed by atoms with Gasteiger partial charge in [0.2, 0.25) is 0 Å².